The fraction of sp³-hybridized carbons (Fsp3) is 0.211. The van der Waals surface area contributed by atoms with Gasteiger partial charge >= 0.3 is 6.03 Å². The van der Waals surface area contributed by atoms with Gasteiger partial charge < -0.3 is 15.2 Å². The molecule has 0 atom stereocenters. The Morgan fingerprint density at radius 2 is 2.00 bits per heavy atom. The van der Waals surface area contributed by atoms with E-state index in [0.29, 0.717) is 0 Å². The van der Waals surface area contributed by atoms with E-state index in [4.69, 9.17) is 0 Å². The predicted molar refractivity (Wildman–Crippen MR) is 98.1 cm³/mol. The lowest BCUT2D eigenvalue weighted by Crippen LogP contribution is -2.38. The van der Waals surface area contributed by atoms with Crippen molar-refractivity contribution in [1.29, 1.82) is 0 Å². The van der Waals surface area contributed by atoms with E-state index in [1.165, 1.54) is 18.2 Å². The Morgan fingerprint density at radius 1 is 1.26 bits per heavy atom. The highest BCUT2D eigenvalue weighted by Gasteiger charge is 2.35. The fourth-order valence-electron chi connectivity index (χ4n) is 2.61. The minimum atomic E-state index is -0.696. The second kappa shape index (κ2) is 7.45. The number of carbonyl (C=O) groups is 3. The van der Waals surface area contributed by atoms with Gasteiger partial charge in [0.2, 0.25) is 5.91 Å². The highest BCUT2D eigenvalue weighted by molar-refractivity contribution is 6.15. The van der Waals surface area contributed by atoms with Crippen molar-refractivity contribution in [1.82, 2.24) is 14.8 Å². The van der Waals surface area contributed by atoms with E-state index in [0.717, 1.165) is 10.5 Å². The number of aromatic nitrogens is 1. The summed E-state index contributed by atoms with van der Waals surface area (Å²) < 4.78 is 15.6. The molecular weight excluding hydrogens is 351 g/mol. The quantitative estimate of drug-likeness (QED) is 0.627. The molecule has 1 fully saturated rings. The first-order valence-electron chi connectivity index (χ1n) is 8.41. The molecule has 1 saturated heterocycles. The van der Waals surface area contributed by atoms with Crippen molar-refractivity contribution >= 4 is 29.6 Å². The van der Waals surface area contributed by atoms with Crippen molar-refractivity contribution in [3.63, 3.8) is 0 Å². The van der Waals surface area contributed by atoms with Gasteiger partial charge in [-0.2, -0.15) is 0 Å². The number of amides is 4. The molecule has 0 aliphatic carbocycles. The van der Waals surface area contributed by atoms with Crippen LogP contribution < -0.4 is 10.6 Å². The average Bonchev–Trinajstić information content (AvgIpc) is 3.18. The van der Waals surface area contributed by atoms with Gasteiger partial charge in [-0.1, -0.05) is 12.1 Å². The number of urea groups is 1. The van der Waals surface area contributed by atoms with Gasteiger partial charge in [0, 0.05) is 18.4 Å². The van der Waals surface area contributed by atoms with Crippen molar-refractivity contribution in [2.24, 2.45) is 0 Å². The molecule has 1 aromatic carbocycles. The molecule has 2 heterocycles. The SMILES string of the molecule is CC(C)n1ccc(/C=C2/NC(=O)N(CC(=O)Nc3ccccc3F)C2=O)c1. The van der Waals surface area contributed by atoms with Gasteiger partial charge in [0.05, 0.1) is 5.69 Å². The Morgan fingerprint density at radius 3 is 2.67 bits per heavy atom. The van der Waals surface area contributed by atoms with E-state index >= 15 is 0 Å². The lowest BCUT2D eigenvalue weighted by molar-refractivity contribution is -0.127. The van der Waals surface area contributed by atoms with Crippen LogP contribution in [0.5, 0.6) is 0 Å². The van der Waals surface area contributed by atoms with Crippen LogP contribution in [0.15, 0.2) is 48.4 Å². The van der Waals surface area contributed by atoms with Gasteiger partial charge in [-0.3, -0.25) is 9.59 Å². The zero-order valence-electron chi connectivity index (χ0n) is 14.9. The summed E-state index contributed by atoms with van der Waals surface area (Å²) in [5.74, 6) is -1.88. The average molecular weight is 370 g/mol. The minimum absolute atomic E-state index is 0.0136. The van der Waals surface area contributed by atoms with Gasteiger partial charge in [-0.15, -0.1) is 0 Å². The van der Waals surface area contributed by atoms with Crippen molar-refractivity contribution in [2.75, 3.05) is 11.9 Å². The third-order valence-electron chi connectivity index (χ3n) is 4.06. The molecular formula is C19H19FN4O3. The molecule has 8 heteroatoms. The molecule has 1 aliphatic heterocycles. The van der Waals surface area contributed by atoms with Crippen LogP contribution in [0.2, 0.25) is 0 Å². The van der Waals surface area contributed by atoms with Gasteiger partial charge in [0.1, 0.15) is 18.1 Å². The number of imide groups is 1. The third kappa shape index (κ3) is 4.05. The second-order valence-corrected chi connectivity index (χ2v) is 6.39. The maximum Gasteiger partial charge on any atom is 0.329 e. The standard InChI is InChI=1S/C19H19FN4O3/c1-12(2)23-8-7-13(10-23)9-16-18(26)24(19(27)22-16)11-17(25)21-15-6-4-3-5-14(15)20/h3-10,12H,11H2,1-2H3,(H,21,25)(H,22,27)/b16-9+. The van der Waals surface area contributed by atoms with E-state index in [1.807, 2.05) is 36.9 Å². The normalized spacial score (nSPS) is 15.6. The first-order valence-corrected chi connectivity index (χ1v) is 8.41. The molecule has 7 nitrogen and oxygen atoms in total. The first kappa shape index (κ1) is 18.4. The summed E-state index contributed by atoms with van der Waals surface area (Å²) in [6.45, 7) is 3.54. The summed E-state index contributed by atoms with van der Waals surface area (Å²) in [7, 11) is 0. The molecule has 27 heavy (non-hydrogen) atoms. The van der Waals surface area contributed by atoms with Crippen molar-refractivity contribution in [2.45, 2.75) is 19.9 Å². The molecule has 0 bridgehead atoms. The third-order valence-corrected chi connectivity index (χ3v) is 4.06. The largest absolute Gasteiger partial charge is 0.351 e. The maximum atomic E-state index is 13.6. The Balaban J connectivity index is 1.69. The van der Waals surface area contributed by atoms with Crippen LogP contribution in [-0.2, 0) is 9.59 Å². The summed E-state index contributed by atoms with van der Waals surface area (Å²) in [6.07, 6.45) is 5.27. The lowest BCUT2D eigenvalue weighted by Gasteiger charge is -2.12. The fourth-order valence-corrected chi connectivity index (χ4v) is 2.61. The molecule has 2 N–H and O–H groups in total. The molecule has 3 rings (SSSR count). The van der Waals surface area contributed by atoms with Crippen LogP contribution >= 0.6 is 0 Å². The minimum Gasteiger partial charge on any atom is -0.351 e. The van der Waals surface area contributed by atoms with Crippen molar-refractivity contribution < 1.29 is 18.8 Å². The van der Waals surface area contributed by atoms with Gasteiger partial charge in [0.25, 0.3) is 5.91 Å². The number of nitrogens with zero attached hydrogens (tertiary/aromatic N) is 2. The number of halogens is 1. The summed E-state index contributed by atoms with van der Waals surface area (Å²) >= 11 is 0. The number of nitrogens with one attached hydrogen (secondary N) is 2. The zero-order valence-corrected chi connectivity index (χ0v) is 14.9. The highest BCUT2D eigenvalue weighted by atomic mass is 19.1. The van der Waals surface area contributed by atoms with Gasteiger partial charge in [-0.05, 0) is 43.7 Å². The molecule has 0 spiro atoms. The van der Waals surface area contributed by atoms with Crippen molar-refractivity contribution in [3.05, 3.63) is 59.8 Å². The number of benzene rings is 1. The Kier molecular flexibility index (Phi) is 5.07. The molecule has 1 aliphatic rings. The second-order valence-electron chi connectivity index (χ2n) is 6.39. The summed E-state index contributed by atoms with van der Waals surface area (Å²) in [5, 5.41) is 4.80. The Bertz CT molecular complexity index is 933. The van der Waals surface area contributed by atoms with E-state index in [9.17, 15) is 18.8 Å². The van der Waals surface area contributed by atoms with Crippen LogP contribution in [0, 0.1) is 5.82 Å². The van der Waals surface area contributed by atoms with Gasteiger partial charge in [0.15, 0.2) is 0 Å². The summed E-state index contributed by atoms with van der Waals surface area (Å²) in [6, 6.07) is 7.04. The predicted octanol–water partition coefficient (Wildman–Crippen LogP) is 2.74. The maximum absolute atomic E-state index is 13.6. The summed E-state index contributed by atoms with van der Waals surface area (Å²) in [5.41, 5.74) is 0.825. The van der Waals surface area contributed by atoms with Crippen LogP contribution in [0.1, 0.15) is 25.5 Å². The van der Waals surface area contributed by atoms with Crippen LogP contribution in [0.3, 0.4) is 0 Å². The topological polar surface area (TPSA) is 83.4 Å². The van der Waals surface area contributed by atoms with Crippen LogP contribution in [0.4, 0.5) is 14.9 Å². The van der Waals surface area contributed by atoms with Crippen LogP contribution in [0.25, 0.3) is 6.08 Å². The molecule has 140 valence electrons. The molecule has 0 unspecified atom stereocenters. The molecule has 1 aromatic heterocycles. The number of para-hydroxylation sites is 1. The molecule has 4 amide bonds. The number of carbonyl (C=O) groups excluding carboxylic acids is 3. The monoisotopic (exact) mass is 370 g/mol. The summed E-state index contributed by atoms with van der Waals surface area (Å²) in [4.78, 5) is 37.3. The van der Waals surface area contributed by atoms with E-state index in [2.05, 4.69) is 10.6 Å². The molecule has 2 aromatic rings. The number of hydrogen-bond acceptors (Lipinski definition) is 3. The van der Waals surface area contributed by atoms with E-state index in [-0.39, 0.29) is 17.4 Å². The zero-order chi connectivity index (χ0) is 19.6. The number of anilines is 1. The smallest absolute Gasteiger partial charge is 0.329 e. The Hall–Kier alpha value is -3.42. The van der Waals surface area contributed by atoms with E-state index < -0.39 is 30.2 Å². The molecule has 0 radical (unpaired) electrons. The van der Waals surface area contributed by atoms with E-state index in [1.54, 1.807) is 12.1 Å². The molecule has 0 saturated carbocycles. The van der Waals surface area contributed by atoms with Crippen LogP contribution in [-0.4, -0.2) is 33.9 Å². The lowest BCUT2D eigenvalue weighted by atomic mass is 10.2. The first-order chi connectivity index (χ1) is 12.8. The Labute approximate surface area is 155 Å². The number of rotatable bonds is 5. The van der Waals surface area contributed by atoms with Gasteiger partial charge in [-0.25, -0.2) is 14.1 Å². The highest BCUT2D eigenvalue weighted by Crippen LogP contribution is 2.17. The number of hydrogen-bond donors (Lipinski definition) is 2. The van der Waals surface area contributed by atoms with Crippen molar-refractivity contribution in [3.8, 4) is 0 Å².